The van der Waals surface area contributed by atoms with Gasteiger partial charge in [-0.25, -0.2) is 13.4 Å². The quantitative estimate of drug-likeness (QED) is 0.211. The summed E-state index contributed by atoms with van der Waals surface area (Å²) in [7, 11) is -3.89. The van der Waals surface area contributed by atoms with E-state index in [-0.39, 0.29) is 23.0 Å². The smallest absolute Gasteiger partial charge is 0.354 e. The molecule has 2 saturated carbocycles. The van der Waals surface area contributed by atoms with Crippen molar-refractivity contribution in [1.29, 1.82) is 0 Å². The zero-order valence-corrected chi connectivity index (χ0v) is 27.4. The van der Waals surface area contributed by atoms with E-state index in [1.165, 1.54) is 41.4 Å². The number of aryl methyl sites for hydroxylation is 1. The lowest BCUT2D eigenvalue weighted by molar-refractivity contribution is -0.137. The van der Waals surface area contributed by atoms with Gasteiger partial charge in [0.15, 0.2) is 5.78 Å². The molecule has 0 unspecified atom stereocenters. The standard InChI is InChI=1S/C32H36ClF3N4O3S2/c1-2-40(45(42,43)30-12-11-28(33)44-30)31(13-14-31)27(41)10-5-23-19-26(24-6-8-25(9-7-24)32(34,35)36)37-29(20-23)39-17-15-38(16-18-39)21-22-3-4-22/h6-9,11-12,19-20,22H,2-5,10,13-18,21H2,1H3. The van der Waals surface area contributed by atoms with Crippen LogP contribution in [0.4, 0.5) is 19.0 Å². The van der Waals surface area contributed by atoms with E-state index < -0.39 is 27.3 Å². The Balaban J connectivity index is 1.23. The highest BCUT2D eigenvalue weighted by Gasteiger charge is 2.57. The third-order valence-corrected chi connectivity index (χ3v) is 12.8. The number of anilines is 1. The van der Waals surface area contributed by atoms with Gasteiger partial charge in [0.2, 0.25) is 0 Å². The minimum atomic E-state index is -4.44. The molecule has 0 radical (unpaired) electrons. The molecule has 242 valence electrons. The molecule has 1 aliphatic heterocycles. The Morgan fingerprint density at radius 2 is 1.76 bits per heavy atom. The number of hydrogen-bond donors (Lipinski definition) is 0. The molecule has 3 fully saturated rings. The van der Waals surface area contributed by atoms with Gasteiger partial charge in [-0.05, 0) is 80.0 Å². The second-order valence-corrected chi connectivity index (χ2v) is 16.0. The van der Waals surface area contributed by atoms with Crippen LogP contribution < -0.4 is 4.90 Å². The Labute approximate surface area is 271 Å². The molecular weight excluding hydrogens is 645 g/mol. The van der Waals surface area contributed by atoms with Crippen molar-refractivity contribution in [2.75, 3.05) is 44.2 Å². The predicted octanol–water partition coefficient (Wildman–Crippen LogP) is 6.76. The summed E-state index contributed by atoms with van der Waals surface area (Å²) < 4.78 is 68.4. The van der Waals surface area contributed by atoms with Crippen molar-refractivity contribution in [1.82, 2.24) is 14.2 Å². The maximum atomic E-state index is 13.7. The maximum Gasteiger partial charge on any atom is 0.416 e. The number of ketones is 1. The molecule has 6 rings (SSSR count). The minimum Gasteiger partial charge on any atom is -0.354 e. The summed E-state index contributed by atoms with van der Waals surface area (Å²) in [5, 5.41) is 0. The number of sulfonamides is 1. The molecule has 0 N–H and O–H groups in total. The molecule has 0 amide bonds. The van der Waals surface area contributed by atoms with Crippen LogP contribution in [0.25, 0.3) is 11.3 Å². The normalized spacial score (nSPS) is 18.8. The molecule has 2 aliphatic carbocycles. The highest BCUT2D eigenvalue weighted by atomic mass is 35.5. The lowest BCUT2D eigenvalue weighted by Gasteiger charge is -2.35. The Morgan fingerprint density at radius 3 is 2.31 bits per heavy atom. The van der Waals surface area contributed by atoms with Crippen LogP contribution in [0.2, 0.25) is 4.34 Å². The first-order chi connectivity index (χ1) is 21.4. The van der Waals surface area contributed by atoms with E-state index >= 15 is 0 Å². The van der Waals surface area contributed by atoms with Gasteiger partial charge in [-0.1, -0.05) is 30.7 Å². The van der Waals surface area contributed by atoms with Gasteiger partial charge in [0, 0.05) is 51.3 Å². The topological polar surface area (TPSA) is 73.8 Å². The van der Waals surface area contributed by atoms with Crippen LogP contribution in [0.1, 0.15) is 50.2 Å². The summed E-state index contributed by atoms with van der Waals surface area (Å²) in [4.78, 5) is 23.2. The molecule has 3 aliphatic rings. The van der Waals surface area contributed by atoms with E-state index in [4.69, 9.17) is 16.6 Å². The number of hydrogen-bond acceptors (Lipinski definition) is 7. The molecule has 0 atom stereocenters. The van der Waals surface area contributed by atoms with E-state index in [1.54, 1.807) is 6.92 Å². The molecule has 7 nitrogen and oxygen atoms in total. The van der Waals surface area contributed by atoms with Crippen molar-refractivity contribution in [2.24, 2.45) is 5.92 Å². The number of nitrogens with zero attached hydrogens (tertiary/aromatic N) is 4. The first kappa shape index (κ1) is 32.4. The van der Waals surface area contributed by atoms with Crippen molar-refractivity contribution >= 4 is 44.6 Å². The average Bonchev–Trinajstić information content (AvgIpc) is 3.95. The number of halogens is 4. The van der Waals surface area contributed by atoms with Crippen molar-refractivity contribution < 1.29 is 26.4 Å². The molecule has 1 aromatic carbocycles. The zero-order valence-electron chi connectivity index (χ0n) is 25.0. The number of rotatable bonds is 12. The van der Waals surface area contributed by atoms with Crippen molar-refractivity contribution in [3.05, 3.63) is 64.0 Å². The first-order valence-electron chi connectivity index (χ1n) is 15.4. The van der Waals surface area contributed by atoms with E-state index in [0.717, 1.165) is 73.5 Å². The fourth-order valence-corrected chi connectivity index (χ4v) is 9.62. The Hall–Kier alpha value is -2.51. The summed E-state index contributed by atoms with van der Waals surface area (Å²) in [5.74, 6) is 1.39. The summed E-state index contributed by atoms with van der Waals surface area (Å²) in [6.07, 6.45) is -0.442. The van der Waals surface area contributed by atoms with Crippen molar-refractivity contribution in [3.8, 4) is 11.3 Å². The number of thiophene rings is 1. The number of piperazine rings is 1. The third kappa shape index (κ3) is 7.10. The number of carbonyl (C=O) groups is 1. The van der Waals surface area contributed by atoms with Crippen molar-refractivity contribution in [2.45, 2.75) is 61.4 Å². The summed E-state index contributed by atoms with van der Waals surface area (Å²) in [5.41, 5.74) is 0.123. The molecule has 13 heteroatoms. The van der Waals surface area contributed by atoms with Gasteiger partial charge < -0.3 is 4.90 Å². The van der Waals surface area contributed by atoms with Gasteiger partial charge >= 0.3 is 6.18 Å². The van der Waals surface area contributed by atoms with Crippen LogP contribution in [0.5, 0.6) is 0 Å². The number of carbonyl (C=O) groups excluding carboxylic acids is 1. The van der Waals surface area contributed by atoms with E-state index in [2.05, 4.69) is 9.80 Å². The number of benzene rings is 1. The van der Waals surface area contributed by atoms with Crippen LogP contribution in [0, 0.1) is 5.92 Å². The minimum absolute atomic E-state index is 0.116. The van der Waals surface area contributed by atoms with E-state index in [1.807, 2.05) is 12.1 Å². The van der Waals surface area contributed by atoms with Crippen molar-refractivity contribution in [3.63, 3.8) is 0 Å². The fourth-order valence-electron chi connectivity index (χ4n) is 6.20. The average molecular weight is 681 g/mol. The van der Waals surface area contributed by atoms with Gasteiger partial charge in [0.05, 0.1) is 21.1 Å². The second-order valence-electron chi connectivity index (χ2n) is 12.2. The zero-order chi connectivity index (χ0) is 32.0. The van der Waals surface area contributed by atoms with Gasteiger partial charge in [-0.3, -0.25) is 9.69 Å². The van der Waals surface area contributed by atoms with Crippen LogP contribution in [-0.2, 0) is 27.4 Å². The van der Waals surface area contributed by atoms with Crippen LogP contribution >= 0.6 is 22.9 Å². The lowest BCUT2D eigenvalue weighted by Crippen LogP contribution is -2.47. The SMILES string of the molecule is CCN(C1(C(=O)CCc2cc(-c3ccc(C(F)(F)F)cc3)nc(N3CCN(CC4CC4)CC3)c2)CC1)S(=O)(=O)c1ccc(Cl)s1. The first-order valence-corrected chi connectivity index (χ1v) is 18.0. The molecule has 2 aromatic heterocycles. The third-order valence-electron chi connectivity index (χ3n) is 9.03. The van der Waals surface area contributed by atoms with Gasteiger partial charge in [0.1, 0.15) is 10.0 Å². The van der Waals surface area contributed by atoms with Gasteiger partial charge in [0.25, 0.3) is 10.0 Å². The summed E-state index contributed by atoms with van der Waals surface area (Å²) in [6.45, 7) is 6.41. The highest BCUT2D eigenvalue weighted by molar-refractivity contribution is 7.91. The highest BCUT2D eigenvalue weighted by Crippen LogP contribution is 2.47. The Bertz CT molecular complexity index is 1650. The summed E-state index contributed by atoms with van der Waals surface area (Å²) >= 11 is 6.99. The lowest BCUT2D eigenvalue weighted by atomic mass is 10.00. The number of alkyl halides is 3. The molecule has 0 spiro atoms. The fraction of sp³-hybridized carbons (Fsp3) is 0.500. The number of pyridine rings is 1. The molecule has 1 saturated heterocycles. The molecule has 3 heterocycles. The second kappa shape index (κ2) is 12.6. The van der Waals surface area contributed by atoms with E-state index in [0.29, 0.717) is 34.9 Å². The monoisotopic (exact) mass is 680 g/mol. The maximum absolute atomic E-state index is 13.7. The van der Waals surface area contributed by atoms with Crippen LogP contribution in [0.3, 0.4) is 0 Å². The molecule has 3 aromatic rings. The molecular formula is C32H36ClF3N4O3S2. The molecule has 0 bridgehead atoms. The van der Waals surface area contributed by atoms with Crippen LogP contribution in [0.15, 0.2) is 52.7 Å². The molecule has 45 heavy (non-hydrogen) atoms. The van der Waals surface area contributed by atoms with E-state index in [9.17, 15) is 26.4 Å². The summed E-state index contributed by atoms with van der Waals surface area (Å²) in [6, 6.07) is 11.8. The Morgan fingerprint density at radius 1 is 1.07 bits per heavy atom. The number of Topliss-reactive ketones (excluding diaryl/α,β-unsaturated/α-hetero) is 1. The van der Waals surface area contributed by atoms with Crippen LogP contribution in [-0.4, -0.2) is 73.2 Å². The van der Waals surface area contributed by atoms with Gasteiger partial charge in [-0.2, -0.15) is 17.5 Å². The number of aromatic nitrogens is 1. The Kier molecular flexibility index (Phi) is 9.08. The number of likely N-dealkylation sites (N-methyl/N-ethyl adjacent to an activating group) is 1. The van der Waals surface area contributed by atoms with Gasteiger partial charge in [-0.15, -0.1) is 11.3 Å². The largest absolute Gasteiger partial charge is 0.416 e. The predicted molar refractivity (Wildman–Crippen MR) is 170 cm³/mol.